The van der Waals surface area contributed by atoms with Crippen LogP contribution in [0.25, 0.3) is 0 Å². The fourth-order valence-corrected chi connectivity index (χ4v) is 0.934. The van der Waals surface area contributed by atoms with Crippen LogP contribution in [0.4, 0.5) is 5.82 Å². The first-order valence-corrected chi connectivity index (χ1v) is 4.20. The van der Waals surface area contributed by atoms with Gasteiger partial charge in [0.1, 0.15) is 5.82 Å². The van der Waals surface area contributed by atoms with E-state index >= 15 is 0 Å². The molecule has 0 saturated heterocycles. The van der Waals surface area contributed by atoms with Crippen molar-refractivity contribution in [2.75, 3.05) is 12.8 Å². The molecule has 0 radical (unpaired) electrons. The Morgan fingerprint density at radius 2 is 2.19 bits per heavy atom. The van der Waals surface area contributed by atoms with E-state index in [9.17, 15) is 9.59 Å². The Balaban J connectivity index is 3.15. The van der Waals surface area contributed by atoms with E-state index in [0.29, 0.717) is 0 Å². The van der Waals surface area contributed by atoms with Gasteiger partial charge in [-0.2, -0.15) is 0 Å². The highest BCUT2D eigenvalue weighted by Crippen LogP contribution is 2.10. The number of anilines is 1. The molecule has 0 aliphatic carbocycles. The van der Waals surface area contributed by atoms with Gasteiger partial charge in [-0.25, -0.2) is 9.78 Å². The molecule has 82 valence electrons. The average molecular weight is 219 g/mol. The number of ether oxygens (including phenoxy) is 1. The molecule has 1 heterocycles. The molecule has 0 unspecified atom stereocenters. The van der Waals surface area contributed by atoms with Gasteiger partial charge in [0.2, 0.25) is 0 Å². The zero-order valence-electron chi connectivity index (χ0n) is 8.48. The van der Waals surface area contributed by atoms with Crippen molar-refractivity contribution in [3.05, 3.63) is 23.4 Å². The smallest absolute Gasteiger partial charge is 0.339 e. The molecule has 1 rings (SSSR count). The Morgan fingerprint density at radius 3 is 2.75 bits per heavy atom. The second-order valence-electron chi connectivity index (χ2n) is 2.76. The minimum Gasteiger partial charge on any atom is -0.465 e. The maximum Gasteiger partial charge on any atom is 0.339 e. The largest absolute Gasteiger partial charge is 0.465 e. The molecule has 4 N–H and O–H groups in total. The molecule has 0 atom stereocenters. The van der Waals surface area contributed by atoms with E-state index in [-0.39, 0.29) is 16.9 Å². The summed E-state index contributed by atoms with van der Waals surface area (Å²) in [4.78, 5) is 25.4. The Labute approximate surface area is 91.6 Å². The lowest BCUT2D eigenvalue weighted by atomic mass is 10.2. The summed E-state index contributed by atoms with van der Waals surface area (Å²) in [7, 11) is 1.24. The van der Waals surface area contributed by atoms with Gasteiger partial charge in [0.05, 0.1) is 18.2 Å². The highest BCUT2D eigenvalue weighted by molar-refractivity contribution is 5.93. The third kappa shape index (κ3) is 2.72. The number of primary amides is 1. The third-order valence-electron chi connectivity index (χ3n) is 1.66. The van der Waals surface area contributed by atoms with E-state index in [1.807, 2.05) is 0 Å². The first-order valence-electron chi connectivity index (χ1n) is 4.20. The van der Waals surface area contributed by atoms with E-state index in [4.69, 9.17) is 11.5 Å². The number of rotatable bonds is 1. The summed E-state index contributed by atoms with van der Waals surface area (Å²) < 4.78 is 4.50. The van der Waals surface area contributed by atoms with E-state index in [0.717, 1.165) is 0 Å². The number of aromatic nitrogens is 1. The zero-order chi connectivity index (χ0) is 12.1. The summed E-state index contributed by atoms with van der Waals surface area (Å²) in [6.07, 6.45) is 1.26. The normalized spacial score (nSPS) is 8.81. The number of carbonyl (C=O) groups is 2. The Kier molecular flexibility index (Phi) is 3.45. The van der Waals surface area contributed by atoms with E-state index in [1.165, 1.54) is 19.4 Å². The van der Waals surface area contributed by atoms with Gasteiger partial charge in [0.25, 0.3) is 5.91 Å². The van der Waals surface area contributed by atoms with E-state index in [2.05, 4.69) is 21.6 Å². The minimum absolute atomic E-state index is 0.112. The van der Waals surface area contributed by atoms with Crippen molar-refractivity contribution in [1.29, 1.82) is 0 Å². The second-order valence-corrected chi connectivity index (χ2v) is 2.76. The molecule has 0 bridgehead atoms. The summed E-state index contributed by atoms with van der Waals surface area (Å²) in [6, 6.07) is 1.38. The first-order chi connectivity index (χ1) is 7.54. The number of amides is 1. The highest BCUT2D eigenvalue weighted by atomic mass is 16.5. The van der Waals surface area contributed by atoms with Crippen LogP contribution < -0.4 is 11.5 Å². The number of carbonyl (C=O) groups excluding carboxylic acids is 2. The number of nitrogens with two attached hydrogens (primary N) is 2. The third-order valence-corrected chi connectivity index (χ3v) is 1.66. The van der Waals surface area contributed by atoms with Crippen molar-refractivity contribution in [1.82, 2.24) is 4.98 Å². The first kappa shape index (κ1) is 11.5. The van der Waals surface area contributed by atoms with Crippen molar-refractivity contribution in [3.63, 3.8) is 0 Å². The second kappa shape index (κ2) is 4.79. The van der Waals surface area contributed by atoms with Crippen molar-refractivity contribution < 1.29 is 14.3 Å². The predicted octanol–water partition coefficient (Wildman–Crippen LogP) is -0.713. The van der Waals surface area contributed by atoms with Gasteiger partial charge >= 0.3 is 5.97 Å². The molecule has 1 aromatic rings. The molecule has 1 amide bonds. The molecule has 0 aliphatic heterocycles. The summed E-state index contributed by atoms with van der Waals surface area (Å²) in [5, 5.41) is 0. The average Bonchev–Trinajstić information content (AvgIpc) is 2.26. The Hall–Kier alpha value is -2.55. The van der Waals surface area contributed by atoms with Crippen molar-refractivity contribution in [3.8, 4) is 11.8 Å². The fourth-order valence-electron chi connectivity index (χ4n) is 0.934. The topological polar surface area (TPSA) is 108 Å². The van der Waals surface area contributed by atoms with Gasteiger partial charge in [-0.3, -0.25) is 4.79 Å². The summed E-state index contributed by atoms with van der Waals surface area (Å²) in [6.45, 7) is 0. The van der Waals surface area contributed by atoms with Gasteiger partial charge in [-0.15, -0.1) is 0 Å². The predicted molar refractivity (Wildman–Crippen MR) is 56.1 cm³/mol. The maximum absolute atomic E-state index is 11.2. The van der Waals surface area contributed by atoms with Crippen LogP contribution >= 0.6 is 0 Å². The molecule has 6 nitrogen and oxygen atoms in total. The van der Waals surface area contributed by atoms with Crippen LogP contribution in [0.3, 0.4) is 0 Å². The SMILES string of the molecule is COC(=O)c1cnc(N)c(C#CC(N)=O)c1. The number of pyridine rings is 1. The summed E-state index contributed by atoms with van der Waals surface area (Å²) >= 11 is 0. The molecule has 16 heavy (non-hydrogen) atoms. The lowest BCUT2D eigenvalue weighted by Gasteiger charge is -2.01. The number of nitrogens with zero attached hydrogens (tertiary/aromatic N) is 1. The van der Waals surface area contributed by atoms with Crippen LogP contribution in [0.1, 0.15) is 15.9 Å². The highest BCUT2D eigenvalue weighted by Gasteiger charge is 2.08. The fraction of sp³-hybridized carbons (Fsp3) is 0.100. The van der Waals surface area contributed by atoms with Gasteiger partial charge in [-0.05, 0) is 6.07 Å². The maximum atomic E-state index is 11.2. The molecule has 6 heteroatoms. The van der Waals surface area contributed by atoms with Crippen LogP contribution in [0.5, 0.6) is 0 Å². The molecular formula is C10H9N3O3. The summed E-state index contributed by atoms with van der Waals surface area (Å²) in [5.74, 6) is 3.28. The van der Waals surface area contributed by atoms with Gasteiger partial charge in [-0.1, -0.05) is 5.92 Å². The lowest BCUT2D eigenvalue weighted by Crippen LogP contribution is -2.07. The number of methoxy groups -OCH3 is 1. The molecule has 0 aliphatic rings. The van der Waals surface area contributed by atoms with Crippen LogP contribution in [-0.2, 0) is 9.53 Å². The van der Waals surface area contributed by atoms with Crippen molar-refractivity contribution >= 4 is 17.7 Å². The van der Waals surface area contributed by atoms with Gasteiger partial charge in [0.15, 0.2) is 0 Å². The standard InChI is InChI=1S/C10H9N3O3/c1-16-10(15)7-4-6(2-3-8(11)14)9(12)13-5-7/h4-5H,1H3,(H2,11,14)(H2,12,13). The lowest BCUT2D eigenvalue weighted by molar-refractivity contribution is -0.112. The number of hydrogen-bond acceptors (Lipinski definition) is 5. The van der Waals surface area contributed by atoms with Crippen molar-refractivity contribution in [2.24, 2.45) is 5.73 Å². The van der Waals surface area contributed by atoms with Gasteiger partial charge < -0.3 is 16.2 Å². The molecular weight excluding hydrogens is 210 g/mol. The number of esters is 1. The quantitative estimate of drug-likeness (QED) is 0.479. The van der Waals surface area contributed by atoms with Crippen molar-refractivity contribution in [2.45, 2.75) is 0 Å². The van der Waals surface area contributed by atoms with Crippen LogP contribution in [0.2, 0.25) is 0 Å². The molecule has 0 saturated carbocycles. The number of hydrogen-bond donors (Lipinski definition) is 2. The van der Waals surface area contributed by atoms with E-state index in [1.54, 1.807) is 0 Å². The molecule has 0 aromatic carbocycles. The van der Waals surface area contributed by atoms with Crippen LogP contribution in [0.15, 0.2) is 12.3 Å². The zero-order valence-corrected chi connectivity index (χ0v) is 8.48. The minimum atomic E-state index is -0.789. The Morgan fingerprint density at radius 1 is 1.50 bits per heavy atom. The van der Waals surface area contributed by atoms with E-state index < -0.39 is 11.9 Å². The van der Waals surface area contributed by atoms with Crippen LogP contribution in [-0.4, -0.2) is 24.0 Å². The number of nitrogen functional groups attached to an aromatic ring is 1. The molecule has 1 aromatic heterocycles. The monoisotopic (exact) mass is 219 g/mol. The van der Waals surface area contributed by atoms with Crippen LogP contribution in [0, 0.1) is 11.8 Å². The van der Waals surface area contributed by atoms with Gasteiger partial charge in [0, 0.05) is 12.1 Å². The molecule has 0 spiro atoms. The summed E-state index contributed by atoms with van der Waals surface area (Å²) in [5.41, 5.74) is 10.8. The molecule has 0 fully saturated rings. The Bertz CT molecular complexity index is 500.